The Labute approximate surface area is 111 Å². The van der Waals surface area contributed by atoms with Gasteiger partial charge in [-0.05, 0) is 26.3 Å². The molecule has 3 heterocycles. The Balaban J connectivity index is 1.76. The molecule has 17 heavy (non-hydrogen) atoms. The molecular weight excluding hydrogens is 254 g/mol. The van der Waals surface area contributed by atoms with E-state index >= 15 is 0 Å². The van der Waals surface area contributed by atoms with Crippen LogP contribution in [0.2, 0.25) is 0 Å². The summed E-state index contributed by atoms with van der Waals surface area (Å²) in [5.74, 6) is 0.524. The molecule has 1 aromatic rings. The summed E-state index contributed by atoms with van der Waals surface area (Å²) in [7, 11) is 2.28. The van der Waals surface area contributed by atoms with E-state index in [0.717, 1.165) is 30.0 Å². The normalized spacial score (nSPS) is 29.6. The number of thiazole rings is 1. The summed E-state index contributed by atoms with van der Waals surface area (Å²) in [6, 6.07) is 1.50. The maximum Gasteiger partial charge on any atom is 0.185 e. The minimum Gasteiger partial charge on any atom is -0.346 e. The van der Waals surface area contributed by atoms with E-state index in [1.54, 1.807) is 11.3 Å². The van der Waals surface area contributed by atoms with Gasteiger partial charge in [0.25, 0.3) is 0 Å². The molecule has 0 aromatic carbocycles. The molecule has 2 bridgehead atoms. The average Bonchev–Trinajstić information content (AvgIpc) is 2.86. The number of aromatic nitrogens is 1. The fraction of sp³-hybridized carbons (Fsp3) is 0.750. The molecular formula is C12H18ClN3S. The van der Waals surface area contributed by atoms with Crippen LogP contribution >= 0.6 is 22.9 Å². The number of hydrogen-bond donors (Lipinski definition) is 0. The topological polar surface area (TPSA) is 19.4 Å². The molecule has 2 aliphatic heterocycles. The predicted octanol–water partition coefficient (Wildman–Crippen LogP) is 2.55. The van der Waals surface area contributed by atoms with Crippen LogP contribution in [-0.4, -0.2) is 42.1 Å². The Kier molecular flexibility index (Phi) is 3.28. The fourth-order valence-electron chi connectivity index (χ4n) is 2.99. The molecule has 0 N–H and O–H groups in total. The lowest BCUT2D eigenvalue weighted by Crippen LogP contribution is -2.36. The lowest BCUT2D eigenvalue weighted by Gasteiger charge is -2.25. The van der Waals surface area contributed by atoms with E-state index < -0.39 is 0 Å². The summed E-state index contributed by atoms with van der Waals surface area (Å²) >= 11 is 7.55. The summed E-state index contributed by atoms with van der Waals surface area (Å²) in [5, 5.41) is 3.23. The van der Waals surface area contributed by atoms with Crippen LogP contribution < -0.4 is 4.90 Å². The summed E-state index contributed by atoms with van der Waals surface area (Å²) in [6.45, 7) is 2.27. The maximum absolute atomic E-state index is 5.82. The minimum absolute atomic E-state index is 0.524. The summed E-state index contributed by atoms with van der Waals surface area (Å²) in [4.78, 5) is 9.61. The molecule has 0 saturated carbocycles. The molecule has 2 aliphatic rings. The van der Waals surface area contributed by atoms with Crippen molar-refractivity contribution in [1.29, 1.82) is 0 Å². The smallest absolute Gasteiger partial charge is 0.185 e. The Bertz CT molecular complexity index is 395. The average molecular weight is 272 g/mol. The molecule has 0 spiro atoms. The zero-order valence-corrected chi connectivity index (χ0v) is 11.7. The van der Waals surface area contributed by atoms with E-state index in [2.05, 4.69) is 27.2 Å². The van der Waals surface area contributed by atoms with Gasteiger partial charge < -0.3 is 4.90 Å². The number of hydrogen-bond acceptors (Lipinski definition) is 4. The molecule has 2 saturated heterocycles. The summed E-state index contributed by atoms with van der Waals surface area (Å²) in [5.41, 5.74) is 1.01. The monoisotopic (exact) mass is 271 g/mol. The van der Waals surface area contributed by atoms with Gasteiger partial charge >= 0.3 is 0 Å². The van der Waals surface area contributed by atoms with Crippen LogP contribution in [0.15, 0.2) is 5.38 Å². The Morgan fingerprint density at radius 2 is 2.24 bits per heavy atom. The quantitative estimate of drug-likeness (QED) is 0.771. The number of anilines is 1. The van der Waals surface area contributed by atoms with Gasteiger partial charge in [-0.25, -0.2) is 4.98 Å². The molecule has 0 aliphatic carbocycles. The third-order valence-corrected chi connectivity index (χ3v) is 5.32. The van der Waals surface area contributed by atoms with Crippen molar-refractivity contribution in [1.82, 2.24) is 9.88 Å². The van der Waals surface area contributed by atoms with Gasteiger partial charge in [-0.3, -0.25) is 4.90 Å². The second-order valence-corrected chi connectivity index (χ2v) is 6.14. The molecule has 2 unspecified atom stereocenters. The predicted molar refractivity (Wildman–Crippen MR) is 73.1 cm³/mol. The van der Waals surface area contributed by atoms with Crippen LogP contribution in [0.25, 0.3) is 0 Å². The highest BCUT2D eigenvalue weighted by Gasteiger charge is 2.35. The lowest BCUT2D eigenvalue weighted by atomic mass is 10.1. The highest BCUT2D eigenvalue weighted by atomic mass is 35.5. The van der Waals surface area contributed by atoms with E-state index in [4.69, 9.17) is 11.6 Å². The highest BCUT2D eigenvalue weighted by molar-refractivity contribution is 7.13. The van der Waals surface area contributed by atoms with Crippen molar-refractivity contribution < 1.29 is 0 Å². The van der Waals surface area contributed by atoms with Crippen LogP contribution in [0.1, 0.15) is 25.0 Å². The molecule has 3 rings (SSSR count). The number of rotatable bonds is 2. The van der Waals surface area contributed by atoms with Gasteiger partial charge in [0.15, 0.2) is 5.13 Å². The van der Waals surface area contributed by atoms with Crippen molar-refractivity contribution in [2.75, 3.05) is 25.0 Å². The van der Waals surface area contributed by atoms with E-state index in [1.165, 1.54) is 19.3 Å². The van der Waals surface area contributed by atoms with Crippen LogP contribution in [-0.2, 0) is 5.88 Å². The van der Waals surface area contributed by atoms with Crippen molar-refractivity contribution >= 4 is 28.1 Å². The fourth-order valence-corrected chi connectivity index (χ4v) is 4.08. The first-order valence-corrected chi connectivity index (χ1v) is 7.66. The number of alkyl halides is 1. The molecule has 5 heteroatoms. The number of halogens is 1. The number of nitrogens with zero attached hydrogens (tertiary/aromatic N) is 3. The van der Waals surface area contributed by atoms with Gasteiger partial charge in [0.05, 0.1) is 11.6 Å². The largest absolute Gasteiger partial charge is 0.346 e. The zero-order chi connectivity index (χ0) is 11.8. The van der Waals surface area contributed by atoms with Gasteiger partial charge in [0.1, 0.15) is 0 Å². The Morgan fingerprint density at radius 1 is 1.41 bits per heavy atom. The summed E-state index contributed by atoms with van der Waals surface area (Å²) < 4.78 is 0. The van der Waals surface area contributed by atoms with E-state index in [1.807, 2.05) is 0 Å². The van der Waals surface area contributed by atoms with Gasteiger partial charge in [0.2, 0.25) is 0 Å². The van der Waals surface area contributed by atoms with Crippen LogP contribution in [0.3, 0.4) is 0 Å². The number of fused-ring (bicyclic) bond motifs is 2. The molecule has 1 aromatic heterocycles. The van der Waals surface area contributed by atoms with Gasteiger partial charge in [-0.1, -0.05) is 0 Å². The van der Waals surface area contributed by atoms with E-state index in [0.29, 0.717) is 11.9 Å². The van der Waals surface area contributed by atoms with Crippen molar-refractivity contribution in [2.45, 2.75) is 37.2 Å². The molecule has 2 fully saturated rings. The van der Waals surface area contributed by atoms with Gasteiger partial charge in [-0.2, -0.15) is 0 Å². The van der Waals surface area contributed by atoms with Crippen molar-refractivity contribution in [3.63, 3.8) is 0 Å². The van der Waals surface area contributed by atoms with Gasteiger partial charge in [-0.15, -0.1) is 22.9 Å². The van der Waals surface area contributed by atoms with Crippen LogP contribution in [0.5, 0.6) is 0 Å². The lowest BCUT2D eigenvalue weighted by molar-refractivity contribution is 0.254. The van der Waals surface area contributed by atoms with Crippen molar-refractivity contribution in [2.24, 2.45) is 0 Å². The second-order valence-electron chi connectivity index (χ2n) is 5.04. The standard InChI is InChI=1S/C12H18ClN3S/c1-15-10-2-3-11(15)7-16(5-4-10)12-14-9(6-13)8-17-12/h8,10-11H,2-7H2,1H3. The first-order valence-electron chi connectivity index (χ1n) is 6.25. The third-order valence-electron chi connectivity index (χ3n) is 4.10. The minimum atomic E-state index is 0.524. The highest BCUT2D eigenvalue weighted by Crippen LogP contribution is 2.31. The molecule has 94 valence electrons. The first-order chi connectivity index (χ1) is 8.28. The molecule has 2 atom stereocenters. The van der Waals surface area contributed by atoms with Crippen molar-refractivity contribution in [3.8, 4) is 0 Å². The molecule has 0 radical (unpaired) electrons. The maximum atomic E-state index is 5.82. The van der Waals surface area contributed by atoms with Crippen LogP contribution in [0, 0.1) is 0 Å². The Morgan fingerprint density at radius 3 is 3.00 bits per heavy atom. The Hall–Kier alpha value is -0.320. The molecule has 0 amide bonds. The number of likely N-dealkylation sites (N-methyl/N-ethyl adjacent to an activating group) is 1. The van der Waals surface area contributed by atoms with Crippen molar-refractivity contribution in [3.05, 3.63) is 11.1 Å². The van der Waals surface area contributed by atoms with E-state index in [9.17, 15) is 0 Å². The molecule has 3 nitrogen and oxygen atoms in total. The third kappa shape index (κ3) is 2.18. The van der Waals surface area contributed by atoms with Gasteiger partial charge in [0, 0.05) is 30.6 Å². The van der Waals surface area contributed by atoms with Crippen LogP contribution in [0.4, 0.5) is 5.13 Å². The first kappa shape index (κ1) is 11.8. The second kappa shape index (κ2) is 4.75. The zero-order valence-electron chi connectivity index (χ0n) is 10.1. The van der Waals surface area contributed by atoms with E-state index in [-0.39, 0.29) is 0 Å². The summed E-state index contributed by atoms with van der Waals surface area (Å²) in [6.07, 6.45) is 3.98. The SMILES string of the molecule is CN1C2CCC1CN(c1nc(CCl)cs1)CC2.